The molecule has 0 N–H and O–H groups in total. The molecule has 28 heavy (non-hydrogen) atoms. The summed E-state index contributed by atoms with van der Waals surface area (Å²) in [6.07, 6.45) is 4.16. The number of anilines is 1. The van der Waals surface area contributed by atoms with Crippen LogP contribution in [0.2, 0.25) is 0 Å². The van der Waals surface area contributed by atoms with E-state index < -0.39 is 0 Å². The molecule has 1 saturated heterocycles. The number of fused-ring (bicyclic) bond motifs is 1. The molecule has 1 aromatic carbocycles. The normalized spacial score (nSPS) is 18.1. The SMILES string of the molecule is Cc1nonc1CN1CCN(c2ccc3c(=O)n(CC4CC4)cnc3c2)CC1. The molecule has 3 aromatic rings. The van der Waals surface area contributed by atoms with Crippen molar-refractivity contribution in [1.29, 1.82) is 0 Å². The molecule has 0 bridgehead atoms. The minimum Gasteiger partial charge on any atom is -0.369 e. The van der Waals surface area contributed by atoms with Gasteiger partial charge in [-0.15, -0.1) is 0 Å². The Morgan fingerprint density at radius 3 is 2.68 bits per heavy atom. The zero-order chi connectivity index (χ0) is 19.1. The summed E-state index contributed by atoms with van der Waals surface area (Å²) in [4.78, 5) is 21.9. The van der Waals surface area contributed by atoms with Crippen molar-refractivity contribution in [3.8, 4) is 0 Å². The van der Waals surface area contributed by atoms with E-state index in [0.29, 0.717) is 11.3 Å². The number of piperazine rings is 1. The van der Waals surface area contributed by atoms with Crippen LogP contribution in [0.3, 0.4) is 0 Å². The molecule has 2 fully saturated rings. The monoisotopic (exact) mass is 380 g/mol. The lowest BCUT2D eigenvalue weighted by molar-refractivity contribution is 0.237. The van der Waals surface area contributed by atoms with Crippen molar-refractivity contribution < 1.29 is 4.63 Å². The van der Waals surface area contributed by atoms with Crippen LogP contribution in [0.15, 0.2) is 33.9 Å². The molecular weight excluding hydrogens is 356 g/mol. The Bertz CT molecular complexity index is 1050. The highest BCUT2D eigenvalue weighted by Gasteiger charge is 2.23. The average Bonchev–Trinajstić information content (AvgIpc) is 3.45. The molecule has 0 unspecified atom stereocenters. The molecule has 146 valence electrons. The first-order valence-electron chi connectivity index (χ1n) is 9.92. The second-order valence-electron chi connectivity index (χ2n) is 7.91. The van der Waals surface area contributed by atoms with Gasteiger partial charge in [0.2, 0.25) is 0 Å². The van der Waals surface area contributed by atoms with Gasteiger partial charge in [0, 0.05) is 45.0 Å². The molecule has 0 amide bonds. The molecule has 5 rings (SSSR count). The lowest BCUT2D eigenvalue weighted by Gasteiger charge is -2.35. The maximum absolute atomic E-state index is 12.7. The zero-order valence-corrected chi connectivity index (χ0v) is 16.0. The summed E-state index contributed by atoms with van der Waals surface area (Å²) in [6, 6.07) is 6.02. The topological polar surface area (TPSA) is 80.3 Å². The largest absolute Gasteiger partial charge is 0.369 e. The van der Waals surface area contributed by atoms with E-state index >= 15 is 0 Å². The van der Waals surface area contributed by atoms with Crippen molar-refractivity contribution in [3.63, 3.8) is 0 Å². The van der Waals surface area contributed by atoms with Crippen molar-refractivity contribution in [3.05, 3.63) is 46.3 Å². The van der Waals surface area contributed by atoms with E-state index in [4.69, 9.17) is 4.63 Å². The highest BCUT2D eigenvalue weighted by Crippen LogP contribution is 2.30. The van der Waals surface area contributed by atoms with E-state index in [2.05, 4.69) is 25.1 Å². The van der Waals surface area contributed by atoms with E-state index in [1.807, 2.05) is 25.1 Å². The Labute approximate surface area is 162 Å². The number of aromatic nitrogens is 4. The first kappa shape index (κ1) is 17.4. The van der Waals surface area contributed by atoms with Crippen LogP contribution in [0.5, 0.6) is 0 Å². The molecule has 0 atom stereocenters. The number of aryl methyl sites for hydroxylation is 1. The average molecular weight is 380 g/mol. The molecule has 1 aliphatic carbocycles. The van der Waals surface area contributed by atoms with Gasteiger partial charge in [-0.1, -0.05) is 10.3 Å². The number of hydrogen-bond donors (Lipinski definition) is 0. The molecule has 8 heteroatoms. The summed E-state index contributed by atoms with van der Waals surface area (Å²) in [6.45, 7) is 7.22. The van der Waals surface area contributed by atoms with Gasteiger partial charge in [-0.05, 0) is 43.9 Å². The van der Waals surface area contributed by atoms with E-state index in [9.17, 15) is 4.79 Å². The number of nitrogens with zero attached hydrogens (tertiary/aromatic N) is 6. The minimum atomic E-state index is 0.0739. The third kappa shape index (κ3) is 3.40. The molecule has 1 aliphatic heterocycles. The first-order chi connectivity index (χ1) is 13.7. The summed E-state index contributed by atoms with van der Waals surface area (Å²) in [5.41, 5.74) is 3.74. The Balaban J connectivity index is 1.29. The lowest BCUT2D eigenvalue weighted by atomic mass is 10.2. The summed E-state index contributed by atoms with van der Waals surface area (Å²) in [5.74, 6) is 0.657. The zero-order valence-electron chi connectivity index (χ0n) is 16.0. The summed E-state index contributed by atoms with van der Waals surface area (Å²) < 4.78 is 6.55. The van der Waals surface area contributed by atoms with E-state index in [1.54, 1.807) is 10.9 Å². The highest BCUT2D eigenvalue weighted by molar-refractivity contribution is 5.81. The van der Waals surface area contributed by atoms with Gasteiger partial charge < -0.3 is 4.90 Å². The van der Waals surface area contributed by atoms with Gasteiger partial charge in [0.15, 0.2) is 0 Å². The van der Waals surface area contributed by atoms with E-state index in [1.165, 1.54) is 12.8 Å². The van der Waals surface area contributed by atoms with Crippen LogP contribution in [-0.2, 0) is 13.1 Å². The number of hydrogen-bond acceptors (Lipinski definition) is 7. The van der Waals surface area contributed by atoms with Crippen LogP contribution in [-0.4, -0.2) is 50.9 Å². The van der Waals surface area contributed by atoms with Gasteiger partial charge in [0.05, 0.1) is 17.2 Å². The Kier molecular flexibility index (Phi) is 4.35. The third-order valence-electron chi connectivity index (χ3n) is 5.82. The molecule has 3 heterocycles. The fourth-order valence-corrected chi connectivity index (χ4v) is 3.82. The van der Waals surface area contributed by atoms with E-state index in [0.717, 1.165) is 61.9 Å². The summed E-state index contributed by atoms with van der Waals surface area (Å²) in [5, 5.41) is 8.53. The maximum Gasteiger partial charge on any atom is 0.261 e. The second-order valence-corrected chi connectivity index (χ2v) is 7.91. The van der Waals surface area contributed by atoms with Gasteiger partial charge in [-0.3, -0.25) is 14.3 Å². The number of benzene rings is 1. The highest BCUT2D eigenvalue weighted by atomic mass is 16.6. The molecule has 0 spiro atoms. The van der Waals surface area contributed by atoms with Crippen molar-refractivity contribution >= 4 is 16.6 Å². The smallest absolute Gasteiger partial charge is 0.261 e. The molecular formula is C20H24N6O2. The first-order valence-corrected chi connectivity index (χ1v) is 9.92. The lowest BCUT2D eigenvalue weighted by Crippen LogP contribution is -2.46. The molecule has 8 nitrogen and oxygen atoms in total. The van der Waals surface area contributed by atoms with Crippen LogP contribution < -0.4 is 10.5 Å². The second kappa shape index (κ2) is 7.01. The Morgan fingerprint density at radius 2 is 1.96 bits per heavy atom. The van der Waals surface area contributed by atoms with E-state index in [-0.39, 0.29) is 5.56 Å². The Hall–Kier alpha value is -2.74. The fourth-order valence-electron chi connectivity index (χ4n) is 3.82. The molecule has 2 aromatic heterocycles. The van der Waals surface area contributed by atoms with Gasteiger partial charge in [-0.2, -0.15) is 0 Å². The number of rotatable bonds is 5. The molecule has 0 radical (unpaired) electrons. The van der Waals surface area contributed by atoms with Gasteiger partial charge in [0.25, 0.3) is 5.56 Å². The minimum absolute atomic E-state index is 0.0739. The van der Waals surface area contributed by atoms with Crippen LogP contribution in [0, 0.1) is 12.8 Å². The Morgan fingerprint density at radius 1 is 1.14 bits per heavy atom. The van der Waals surface area contributed by atoms with Crippen LogP contribution >= 0.6 is 0 Å². The maximum atomic E-state index is 12.7. The molecule has 2 aliphatic rings. The van der Waals surface area contributed by atoms with Gasteiger partial charge in [-0.25, -0.2) is 9.61 Å². The predicted molar refractivity (Wildman–Crippen MR) is 105 cm³/mol. The van der Waals surface area contributed by atoms with Crippen molar-refractivity contribution in [2.75, 3.05) is 31.1 Å². The fraction of sp³-hybridized carbons (Fsp3) is 0.500. The van der Waals surface area contributed by atoms with Crippen LogP contribution in [0.25, 0.3) is 10.9 Å². The molecule has 1 saturated carbocycles. The van der Waals surface area contributed by atoms with Crippen molar-refractivity contribution in [2.45, 2.75) is 32.9 Å². The summed E-state index contributed by atoms with van der Waals surface area (Å²) in [7, 11) is 0. The van der Waals surface area contributed by atoms with Gasteiger partial charge in [0.1, 0.15) is 11.4 Å². The third-order valence-corrected chi connectivity index (χ3v) is 5.82. The quantitative estimate of drug-likeness (QED) is 0.668. The van der Waals surface area contributed by atoms with Crippen molar-refractivity contribution in [1.82, 2.24) is 24.8 Å². The predicted octanol–water partition coefficient (Wildman–Crippen LogP) is 1.82. The van der Waals surface area contributed by atoms with Crippen molar-refractivity contribution in [2.24, 2.45) is 5.92 Å². The van der Waals surface area contributed by atoms with Gasteiger partial charge >= 0.3 is 0 Å². The standard InChI is InChI=1S/C20H24N6O2/c1-14-19(23-28-22-14)12-24-6-8-25(9-7-24)16-4-5-17-18(10-16)21-13-26(20(17)27)11-15-2-3-15/h4-5,10,13,15H,2-3,6-9,11-12H2,1H3. The summed E-state index contributed by atoms with van der Waals surface area (Å²) >= 11 is 0. The van der Waals surface area contributed by atoms with Crippen LogP contribution in [0.4, 0.5) is 5.69 Å². The van der Waals surface area contributed by atoms with Crippen LogP contribution in [0.1, 0.15) is 24.2 Å².